The molecule has 0 radical (unpaired) electrons. The molecule has 0 unspecified atom stereocenters. The van der Waals surface area contributed by atoms with E-state index in [0.717, 1.165) is 36.5 Å². The standard InChI is InChI=1S/C28H58O3S2/c1-3-5-7-9-11-13-15-16-17-18-20-22-24-26-28-32-33(29,30)31-27-25-23-21-19-14-12-10-8-6-4-2/h3-28H2,1-2H3. The van der Waals surface area contributed by atoms with Crippen LogP contribution in [0.15, 0.2) is 0 Å². The van der Waals surface area contributed by atoms with E-state index in [2.05, 4.69) is 13.8 Å². The molecule has 0 saturated carbocycles. The summed E-state index contributed by atoms with van der Waals surface area (Å²) in [5, 5.41) is 0. The third-order valence-electron chi connectivity index (χ3n) is 6.45. The van der Waals surface area contributed by atoms with Crippen molar-refractivity contribution in [3.63, 3.8) is 0 Å². The molecule has 0 atom stereocenters. The SMILES string of the molecule is CCCCCCCCCCCCCCCCSS(=O)(=O)OCCCCCCCCCCCC. The van der Waals surface area contributed by atoms with E-state index >= 15 is 0 Å². The topological polar surface area (TPSA) is 43.4 Å². The molecule has 0 amide bonds. The molecule has 0 aliphatic rings. The molecule has 0 rings (SSSR count). The molecule has 200 valence electrons. The monoisotopic (exact) mass is 506 g/mol. The van der Waals surface area contributed by atoms with Gasteiger partial charge in [0.2, 0.25) is 0 Å². The van der Waals surface area contributed by atoms with Gasteiger partial charge in [0, 0.05) is 5.75 Å². The summed E-state index contributed by atoms with van der Waals surface area (Å²) in [4.78, 5) is 0. The first-order chi connectivity index (χ1) is 16.1. The summed E-state index contributed by atoms with van der Waals surface area (Å²) in [6, 6.07) is 0. The summed E-state index contributed by atoms with van der Waals surface area (Å²) < 4.78 is 29.1. The van der Waals surface area contributed by atoms with Crippen molar-refractivity contribution in [3.05, 3.63) is 0 Å². The normalized spacial score (nSPS) is 11.9. The first kappa shape index (κ1) is 33.3. The molecular formula is C28H58O3S2. The molecule has 0 fully saturated rings. The van der Waals surface area contributed by atoms with E-state index in [0.29, 0.717) is 12.4 Å². The maximum Gasteiger partial charge on any atom is 0.322 e. The summed E-state index contributed by atoms with van der Waals surface area (Å²) in [5.74, 6) is 0.665. The molecule has 3 nitrogen and oxygen atoms in total. The van der Waals surface area contributed by atoms with Crippen LogP contribution in [-0.4, -0.2) is 20.8 Å². The fourth-order valence-corrected chi connectivity index (χ4v) is 6.53. The van der Waals surface area contributed by atoms with Crippen LogP contribution in [0.25, 0.3) is 0 Å². The lowest BCUT2D eigenvalue weighted by Gasteiger charge is -2.06. The Morgan fingerprint density at radius 1 is 0.455 bits per heavy atom. The van der Waals surface area contributed by atoms with E-state index in [1.54, 1.807) is 0 Å². The second kappa shape index (κ2) is 26.9. The summed E-state index contributed by atoms with van der Waals surface area (Å²) in [7, 11) is -2.40. The number of rotatable bonds is 28. The van der Waals surface area contributed by atoms with Crippen molar-refractivity contribution in [1.29, 1.82) is 0 Å². The predicted octanol–water partition coefficient (Wildman–Crippen LogP) is 10.4. The van der Waals surface area contributed by atoms with E-state index in [4.69, 9.17) is 4.18 Å². The highest BCUT2D eigenvalue weighted by Crippen LogP contribution is 2.19. The molecule has 0 N–H and O–H groups in total. The third kappa shape index (κ3) is 28.4. The summed E-state index contributed by atoms with van der Waals surface area (Å²) in [5.41, 5.74) is 0. The first-order valence-electron chi connectivity index (χ1n) is 14.7. The van der Waals surface area contributed by atoms with Gasteiger partial charge in [-0.2, -0.15) is 8.42 Å². The molecule has 0 aromatic carbocycles. The average molecular weight is 507 g/mol. The molecule has 33 heavy (non-hydrogen) atoms. The summed E-state index contributed by atoms with van der Waals surface area (Å²) >= 11 is 0. The lowest BCUT2D eigenvalue weighted by Crippen LogP contribution is -2.03. The molecular weight excluding hydrogens is 448 g/mol. The minimum atomic E-state index is -3.39. The van der Waals surface area contributed by atoms with Gasteiger partial charge >= 0.3 is 9.15 Å². The molecule has 0 bridgehead atoms. The van der Waals surface area contributed by atoms with E-state index < -0.39 is 9.15 Å². The Labute approximate surface area is 212 Å². The zero-order chi connectivity index (χ0) is 24.3. The lowest BCUT2D eigenvalue weighted by atomic mass is 10.0. The molecule has 0 heterocycles. The van der Waals surface area contributed by atoms with Gasteiger partial charge in [-0.15, -0.1) is 0 Å². The van der Waals surface area contributed by atoms with Crippen LogP contribution in [0.4, 0.5) is 0 Å². The van der Waals surface area contributed by atoms with Crippen LogP contribution < -0.4 is 0 Å². The van der Waals surface area contributed by atoms with Crippen molar-refractivity contribution in [2.24, 2.45) is 0 Å². The molecule has 0 aliphatic heterocycles. The van der Waals surface area contributed by atoms with E-state index in [9.17, 15) is 8.42 Å². The summed E-state index contributed by atoms with van der Waals surface area (Å²) in [6.07, 6.45) is 31.0. The third-order valence-corrected chi connectivity index (χ3v) is 9.31. The molecule has 5 heteroatoms. The molecule has 0 aromatic rings. The van der Waals surface area contributed by atoms with Gasteiger partial charge in [0.25, 0.3) is 0 Å². The van der Waals surface area contributed by atoms with Crippen LogP contribution >= 0.6 is 10.8 Å². The van der Waals surface area contributed by atoms with Crippen LogP contribution in [0, 0.1) is 0 Å². The maximum atomic E-state index is 12.0. The lowest BCUT2D eigenvalue weighted by molar-refractivity contribution is 0.316. The van der Waals surface area contributed by atoms with Crippen molar-refractivity contribution in [2.75, 3.05) is 12.4 Å². The van der Waals surface area contributed by atoms with E-state index in [1.165, 1.54) is 128 Å². The van der Waals surface area contributed by atoms with Crippen molar-refractivity contribution in [3.8, 4) is 0 Å². The number of hydrogen-bond donors (Lipinski definition) is 0. The Kier molecular flexibility index (Phi) is 27.1. The fourth-order valence-electron chi connectivity index (χ4n) is 4.24. The highest BCUT2D eigenvalue weighted by molar-refractivity contribution is 8.70. The second-order valence-corrected chi connectivity index (χ2v) is 13.5. The molecule has 0 saturated heterocycles. The Morgan fingerprint density at radius 2 is 0.758 bits per heavy atom. The van der Waals surface area contributed by atoms with Crippen LogP contribution in [0.1, 0.15) is 168 Å². The van der Waals surface area contributed by atoms with Crippen LogP contribution in [-0.2, 0) is 13.3 Å². The van der Waals surface area contributed by atoms with Crippen molar-refractivity contribution >= 4 is 19.9 Å². The largest absolute Gasteiger partial charge is 0.322 e. The first-order valence-corrected chi connectivity index (χ1v) is 17.6. The van der Waals surface area contributed by atoms with Crippen LogP contribution in [0.5, 0.6) is 0 Å². The smallest absolute Gasteiger partial charge is 0.262 e. The highest BCUT2D eigenvalue weighted by atomic mass is 33.1. The van der Waals surface area contributed by atoms with E-state index in [1.807, 2.05) is 0 Å². The highest BCUT2D eigenvalue weighted by Gasteiger charge is 2.11. The van der Waals surface area contributed by atoms with Crippen LogP contribution in [0.3, 0.4) is 0 Å². The van der Waals surface area contributed by atoms with Crippen molar-refractivity contribution < 1.29 is 12.6 Å². The second-order valence-electron chi connectivity index (χ2n) is 9.83. The fraction of sp³-hybridized carbons (Fsp3) is 1.00. The van der Waals surface area contributed by atoms with E-state index in [-0.39, 0.29) is 0 Å². The Bertz CT molecular complexity index is 466. The van der Waals surface area contributed by atoms with Gasteiger partial charge in [-0.05, 0) is 23.6 Å². The zero-order valence-corrected chi connectivity index (χ0v) is 24.1. The Hall–Kier alpha value is 0.260. The van der Waals surface area contributed by atoms with Crippen molar-refractivity contribution in [1.82, 2.24) is 0 Å². The Morgan fingerprint density at radius 3 is 1.12 bits per heavy atom. The van der Waals surface area contributed by atoms with Gasteiger partial charge < -0.3 is 0 Å². The molecule has 0 aromatic heterocycles. The van der Waals surface area contributed by atoms with Crippen LogP contribution in [0.2, 0.25) is 0 Å². The van der Waals surface area contributed by atoms with Gasteiger partial charge in [0.05, 0.1) is 6.61 Å². The average Bonchev–Trinajstić information content (AvgIpc) is 2.80. The van der Waals surface area contributed by atoms with Gasteiger partial charge in [0.15, 0.2) is 0 Å². The zero-order valence-electron chi connectivity index (χ0n) is 22.4. The van der Waals surface area contributed by atoms with Gasteiger partial charge in [-0.25, -0.2) is 0 Å². The minimum Gasteiger partial charge on any atom is -0.262 e. The minimum absolute atomic E-state index is 0.352. The molecule has 0 aliphatic carbocycles. The van der Waals surface area contributed by atoms with Gasteiger partial charge in [-0.1, -0.05) is 155 Å². The number of hydrogen-bond acceptors (Lipinski definition) is 4. The van der Waals surface area contributed by atoms with Crippen molar-refractivity contribution in [2.45, 2.75) is 168 Å². The van der Waals surface area contributed by atoms with Gasteiger partial charge in [-0.3, -0.25) is 4.18 Å². The predicted molar refractivity (Wildman–Crippen MR) is 149 cm³/mol. The molecule has 0 spiro atoms. The summed E-state index contributed by atoms with van der Waals surface area (Å²) in [6.45, 7) is 4.88. The quantitative estimate of drug-likeness (QED) is 0.0781. The Balaban J connectivity index is 3.29. The number of unbranched alkanes of at least 4 members (excludes halogenated alkanes) is 22. The maximum absolute atomic E-state index is 12.0. The van der Waals surface area contributed by atoms with Gasteiger partial charge in [0.1, 0.15) is 0 Å².